The molecule has 1 aromatic rings. The molecule has 0 spiro atoms. The molecule has 2 atom stereocenters. The van der Waals surface area contributed by atoms with Crippen molar-refractivity contribution < 1.29 is 0 Å². The van der Waals surface area contributed by atoms with Crippen LogP contribution in [0.25, 0.3) is 0 Å². The molecule has 1 aromatic heterocycles. The number of imidazole rings is 1. The van der Waals surface area contributed by atoms with Gasteiger partial charge in [-0.05, 0) is 31.6 Å². The fourth-order valence-corrected chi connectivity index (χ4v) is 1.67. The van der Waals surface area contributed by atoms with Crippen LogP contribution in [-0.2, 0) is 6.42 Å². The zero-order valence-electron chi connectivity index (χ0n) is 9.80. The van der Waals surface area contributed by atoms with E-state index in [0.717, 1.165) is 24.1 Å². The SMILES string of the molecule is CCC(C)C(C)CCc1cnc(C)[nH]1. The highest BCUT2D eigenvalue weighted by Gasteiger charge is 2.10. The zero-order valence-corrected chi connectivity index (χ0v) is 9.80. The van der Waals surface area contributed by atoms with E-state index in [9.17, 15) is 0 Å². The van der Waals surface area contributed by atoms with E-state index in [-0.39, 0.29) is 0 Å². The second-order valence-corrected chi connectivity index (χ2v) is 4.40. The lowest BCUT2D eigenvalue weighted by Crippen LogP contribution is -2.08. The van der Waals surface area contributed by atoms with E-state index >= 15 is 0 Å². The maximum absolute atomic E-state index is 4.20. The van der Waals surface area contributed by atoms with Gasteiger partial charge in [-0.15, -0.1) is 0 Å². The van der Waals surface area contributed by atoms with Crippen molar-refractivity contribution in [1.82, 2.24) is 9.97 Å². The molecule has 0 aliphatic rings. The number of nitrogens with zero attached hydrogens (tertiary/aromatic N) is 1. The van der Waals surface area contributed by atoms with Crippen molar-refractivity contribution in [3.63, 3.8) is 0 Å². The van der Waals surface area contributed by atoms with E-state index in [0.29, 0.717) is 0 Å². The summed E-state index contributed by atoms with van der Waals surface area (Å²) in [6, 6.07) is 0. The molecule has 0 fully saturated rings. The van der Waals surface area contributed by atoms with Gasteiger partial charge in [-0.3, -0.25) is 0 Å². The maximum Gasteiger partial charge on any atom is 0.103 e. The van der Waals surface area contributed by atoms with Gasteiger partial charge in [0, 0.05) is 11.9 Å². The summed E-state index contributed by atoms with van der Waals surface area (Å²) in [6.07, 6.45) is 5.63. The molecule has 0 aliphatic heterocycles. The Hall–Kier alpha value is -0.790. The van der Waals surface area contributed by atoms with Gasteiger partial charge in [-0.25, -0.2) is 4.98 Å². The van der Waals surface area contributed by atoms with Crippen LogP contribution in [0.4, 0.5) is 0 Å². The molecule has 1 N–H and O–H groups in total. The highest BCUT2D eigenvalue weighted by molar-refractivity contribution is 4.99. The molecular formula is C12H22N2. The number of rotatable bonds is 5. The molecule has 0 aromatic carbocycles. The van der Waals surface area contributed by atoms with Crippen LogP contribution in [0, 0.1) is 18.8 Å². The van der Waals surface area contributed by atoms with Crippen molar-refractivity contribution in [2.75, 3.05) is 0 Å². The quantitative estimate of drug-likeness (QED) is 0.765. The van der Waals surface area contributed by atoms with Crippen LogP contribution in [0.1, 0.15) is 45.1 Å². The number of aromatic nitrogens is 2. The minimum absolute atomic E-state index is 0.809. The van der Waals surface area contributed by atoms with Gasteiger partial charge in [-0.2, -0.15) is 0 Å². The second kappa shape index (κ2) is 5.18. The van der Waals surface area contributed by atoms with Crippen molar-refractivity contribution in [2.24, 2.45) is 11.8 Å². The Balaban J connectivity index is 2.33. The first kappa shape index (κ1) is 11.3. The molecule has 2 unspecified atom stereocenters. The second-order valence-electron chi connectivity index (χ2n) is 4.40. The van der Waals surface area contributed by atoms with Gasteiger partial charge in [-0.1, -0.05) is 27.2 Å². The van der Waals surface area contributed by atoms with Gasteiger partial charge >= 0.3 is 0 Å². The van der Waals surface area contributed by atoms with Crippen molar-refractivity contribution >= 4 is 0 Å². The molecule has 2 nitrogen and oxygen atoms in total. The van der Waals surface area contributed by atoms with E-state index in [2.05, 4.69) is 30.7 Å². The largest absolute Gasteiger partial charge is 0.346 e. The Kier molecular flexibility index (Phi) is 4.18. The fraction of sp³-hybridized carbons (Fsp3) is 0.750. The third kappa shape index (κ3) is 3.17. The lowest BCUT2D eigenvalue weighted by molar-refractivity contribution is 0.354. The normalized spacial score (nSPS) is 15.4. The third-order valence-corrected chi connectivity index (χ3v) is 3.24. The summed E-state index contributed by atoms with van der Waals surface area (Å²) in [7, 11) is 0. The third-order valence-electron chi connectivity index (χ3n) is 3.24. The smallest absolute Gasteiger partial charge is 0.103 e. The Morgan fingerprint density at radius 1 is 1.36 bits per heavy atom. The van der Waals surface area contributed by atoms with Gasteiger partial charge < -0.3 is 4.98 Å². The van der Waals surface area contributed by atoms with Crippen LogP contribution in [-0.4, -0.2) is 9.97 Å². The first-order chi connectivity index (χ1) is 6.63. The molecule has 80 valence electrons. The van der Waals surface area contributed by atoms with Crippen LogP contribution in [0.3, 0.4) is 0 Å². The zero-order chi connectivity index (χ0) is 10.6. The van der Waals surface area contributed by atoms with Crippen LogP contribution in [0.15, 0.2) is 6.20 Å². The summed E-state index contributed by atoms with van der Waals surface area (Å²) in [4.78, 5) is 7.48. The van der Waals surface area contributed by atoms with E-state index < -0.39 is 0 Å². The molecule has 0 bridgehead atoms. The lowest BCUT2D eigenvalue weighted by atomic mass is 9.89. The van der Waals surface area contributed by atoms with Crippen LogP contribution in [0.2, 0.25) is 0 Å². The van der Waals surface area contributed by atoms with Crippen LogP contribution >= 0.6 is 0 Å². The van der Waals surface area contributed by atoms with Crippen LogP contribution < -0.4 is 0 Å². The highest BCUT2D eigenvalue weighted by Crippen LogP contribution is 2.19. The Morgan fingerprint density at radius 2 is 2.07 bits per heavy atom. The summed E-state index contributed by atoms with van der Waals surface area (Å²) < 4.78 is 0. The Labute approximate surface area is 87.1 Å². The highest BCUT2D eigenvalue weighted by atomic mass is 14.9. The maximum atomic E-state index is 4.20. The number of H-pyrrole nitrogens is 1. The number of hydrogen-bond acceptors (Lipinski definition) is 1. The molecule has 1 rings (SSSR count). The van der Waals surface area contributed by atoms with Crippen molar-refractivity contribution in [3.8, 4) is 0 Å². The van der Waals surface area contributed by atoms with Gasteiger partial charge in [0.25, 0.3) is 0 Å². The van der Waals surface area contributed by atoms with Gasteiger partial charge in [0.1, 0.15) is 5.82 Å². The first-order valence-electron chi connectivity index (χ1n) is 5.64. The van der Waals surface area contributed by atoms with Crippen molar-refractivity contribution in [1.29, 1.82) is 0 Å². The lowest BCUT2D eigenvalue weighted by Gasteiger charge is -2.17. The molecular weight excluding hydrogens is 172 g/mol. The minimum atomic E-state index is 0.809. The molecule has 2 heteroatoms. The van der Waals surface area contributed by atoms with Crippen LogP contribution in [0.5, 0.6) is 0 Å². The first-order valence-corrected chi connectivity index (χ1v) is 5.64. The van der Waals surface area contributed by atoms with Gasteiger partial charge in [0.2, 0.25) is 0 Å². The summed E-state index contributed by atoms with van der Waals surface area (Å²) in [6.45, 7) is 8.95. The monoisotopic (exact) mass is 194 g/mol. The topological polar surface area (TPSA) is 28.7 Å². The summed E-state index contributed by atoms with van der Waals surface area (Å²) in [5.74, 6) is 2.67. The van der Waals surface area contributed by atoms with Crippen molar-refractivity contribution in [3.05, 3.63) is 17.7 Å². The Morgan fingerprint density at radius 3 is 2.57 bits per heavy atom. The minimum Gasteiger partial charge on any atom is -0.346 e. The van der Waals surface area contributed by atoms with E-state index in [4.69, 9.17) is 0 Å². The molecule has 0 radical (unpaired) electrons. The van der Waals surface area contributed by atoms with Gasteiger partial charge in [0.05, 0.1) is 0 Å². The summed E-state index contributed by atoms with van der Waals surface area (Å²) in [5, 5.41) is 0. The van der Waals surface area contributed by atoms with E-state index in [1.54, 1.807) is 0 Å². The fourth-order valence-electron chi connectivity index (χ4n) is 1.67. The average molecular weight is 194 g/mol. The predicted molar refractivity (Wildman–Crippen MR) is 60.3 cm³/mol. The number of aryl methyl sites for hydroxylation is 2. The molecule has 1 heterocycles. The molecule has 0 saturated carbocycles. The van der Waals surface area contributed by atoms with Gasteiger partial charge in [0.15, 0.2) is 0 Å². The summed E-state index contributed by atoms with van der Waals surface area (Å²) in [5.41, 5.74) is 1.28. The molecule has 0 saturated heterocycles. The van der Waals surface area contributed by atoms with Crippen molar-refractivity contribution in [2.45, 2.75) is 47.0 Å². The van der Waals surface area contributed by atoms with E-state index in [1.807, 2.05) is 13.1 Å². The van der Waals surface area contributed by atoms with E-state index in [1.165, 1.54) is 18.5 Å². The number of aromatic amines is 1. The standard InChI is InChI=1S/C12H22N2/c1-5-9(2)10(3)6-7-12-8-13-11(4)14-12/h8-10H,5-7H2,1-4H3,(H,13,14). The molecule has 0 amide bonds. The predicted octanol–water partition coefficient (Wildman–Crippen LogP) is 3.33. The molecule has 14 heavy (non-hydrogen) atoms. The summed E-state index contributed by atoms with van der Waals surface area (Å²) >= 11 is 0. The average Bonchev–Trinajstić information content (AvgIpc) is 2.59. The Bertz CT molecular complexity index is 265. The number of hydrogen-bond donors (Lipinski definition) is 1. The molecule has 0 aliphatic carbocycles. The number of nitrogens with one attached hydrogen (secondary N) is 1.